The third-order valence-electron chi connectivity index (χ3n) is 3.08. The zero-order valence-electron chi connectivity index (χ0n) is 12.0. The van der Waals surface area contributed by atoms with E-state index in [0.29, 0.717) is 29.2 Å². The number of amides is 1. The summed E-state index contributed by atoms with van der Waals surface area (Å²) in [7, 11) is 1.68. The summed E-state index contributed by atoms with van der Waals surface area (Å²) < 4.78 is 5.49. The molecule has 0 heterocycles. The second-order valence-corrected chi connectivity index (χ2v) is 4.46. The maximum Gasteiger partial charge on any atom is 0.261 e. The number of para-hydroxylation sites is 1. The average molecular weight is 280 g/mol. The van der Waals surface area contributed by atoms with Crippen LogP contribution in [0.4, 0.5) is 5.69 Å². The lowest BCUT2D eigenvalue weighted by Gasteiger charge is -2.19. The molecule has 2 aromatic rings. The summed E-state index contributed by atoms with van der Waals surface area (Å²) in [6.07, 6.45) is 0. The maximum atomic E-state index is 12.6. The van der Waals surface area contributed by atoms with E-state index < -0.39 is 0 Å². The molecule has 0 spiro atoms. The summed E-state index contributed by atoms with van der Waals surface area (Å²) in [5.41, 5.74) is 1.69. The lowest BCUT2D eigenvalue weighted by atomic mass is 10.1. The SMILES string of the molecule is CCOc1ccccc1C(=O)N(C)c1cccc(C#N)c1. The van der Waals surface area contributed by atoms with Gasteiger partial charge in [-0.15, -0.1) is 0 Å². The molecule has 0 aromatic heterocycles. The Morgan fingerprint density at radius 1 is 1.24 bits per heavy atom. The quantitative estimate of drug-likeness (QED) is 0.864. The van der Waals surface area contributed by atoms with Crippen molar-refractivity contribution in [3.8, 4) is 11.8 Å². The largest absolute Gasteiger partial charge is 0.493 e. The smallest absolute Gasteiger partial charge is 0.261 e. The molecule has 4 heteroatoms. The van der Waals surface area contributed by atoms with Gasteiger partial charge in [0.25, 0.3) is 5.91 Å². The van der Waals surface area contributed by atoms with E-state index in [-0.39, 0.29) is 5.91 Å². The number of carbonyl (C=O) groups is 1. The van der Waals surface area contributed by atoms with Crippen LogP contribution in [-0.2, 0) is 0 Å². The molecule has 21 heavy (non-hydrogen) atoms. The lowest BCUT2D eigenvalue weighted by molar-refractivity contribution is 0.0989. The minimum atomic E-state index is -0.172. The summed E-state index contributed by atoms with van der Waals surface area (Å²) in [4.78, 5) is 14.1. The molecule has 0 radical (unpaired) electrons. The third-order valence-corrected chi connectivity index (χ3v) is 3.08. The number of ether oxygens (including phenoxy) is 1. The number of hydrogen-bond acceptors (Lipinski definition) is 3. The van der Waals surface area contributed by atoms with Gasteiger partial charge in [-0.25, -0.2) is 0 Å². The van der Waals surface area contributed by atoms with E-state index in [4.69, 9.17) is 10.00 Å². The molecule has 0 saturated carbocycles. The van der Waals surface area contributed by atoms with Crippen molar-refractivity contribution in [1.29, 1.82) is 5.26 Å². The van der Waals surface area contributed by atoms with Gasteiger partial charge < -0.3 is 9.64 Å². The van der Waals surface area contributed by atoms with Gasteiger partial charge in [0.15, 0.2) is 0 Å². The van der Waals surface area contributed by atoms with Gasteiger partial charge in [-0.1, -0.05) is 18.2 Å². The van der Waals surface area contributed by atoms with Gasteiger partial charge in [0.05, 0.1) is 23.8 Å². The molecule has 2 aromatic carbocycles. The van der Waals surface area contributed by atoms with Gasteiger partial charge in [-0.05, 0) is 37.3 Å². The van der Waals surface area contributed by atoms with Gasteiger partial charge in [0, 0.05) is 12.7 Å². The Kier molecular flexibility index (Phi) is 4.57. The van der Waals surface area contributed by atoms with Crippen molar-refractivity contribution < 1.29 is 9.53 Å². The first kappa shape index (κ1) is 14.6. The Morgan fingerprint density at radius 2 is 2.00 bits per heavy atom. The molecule has 0 atom stereocenters. The van der Waals surface area contributed by atoms with E-state index in [1.54, 1.807) is 49.5 Å². The fraction of sp³-hybridized carbons (Fsp3) is 0.176. The van der Waals surface area contributed by atoms with Crippen molar-refractivity contribution in [3.05, 3.63) is 59.7 Å². The second-order valence-electron chi connectivity index (χ2n) is 4.46. The fourth-order valence-corrected chi connectivity index (χ4v) is 2.01. The summed E-state index contributed by atoms with van der Waals surface area (Å²) in [6.45, 7) is 2.37. The predicted octanol–water partition coefficient (Wildman–Crippen LogP) is 3.23. The first-order valence-corrected chi connectivity index (χ1v) is 6.67. The van der Waals surface area contributed by atoms with E-state index in [0.717, 1.165) is 0 Å². The van der Waals surface area contributed by atoms with E-state index in [9.17, 15) is 4.79 Å². The number of rotatable bonds is 4. The van der Waals surface area contributed by atoms with Crippen LogP contribution < -0.4 is 9.64 Å². The van der Waals surface area contributed by atoms with Crippen molar-refractivity contribution in [2.24, 2.45) is 0 Å². The normalized spacial score (nSPS) is 9.76. The maximum absolute atomic E-state index is 12.6. The van der Waals surface area contributed by atoms with Crippen LogP contribution in [0.2, 0.25) is 0 Å². The molecule has 1 amide bonds. The molecule has 2 rings (SSSR count). The number of nitriles is 1. The topological polar surface area (TPSA) is 53.3 Å². The molecular weight excluding hydrogens is 264 g/mol. The monoisotopic (exact) mass is 280 g/mol. The molecule has 0 fully saturated rings. The molecule has 0 saturated heterocycles. The Labute approximate surface area is 124 Å². The third kappa shape index (κ3) is 3.21. The van der Waals surface area contributed by atoms with Crippen molar-refractivity contribution in [3.63, 3.8) is 0 Å². The Bertz CT molecular complexity index is 689. The molecule has 0 aliphatic heterocycles. The summed E-state index contributed by atoms with van der Waals surface area (Å²) >= 11 is 0. The summed E-state index contributed by atoms with van der Waals surface area (Å²) in [6, 6.07) is 16.1. The molecule has 0 N–H and O–H groups in total. The van der Waals surface area contributed by atoms with Crippen molar-refractivity contribution >= 4 is 11.6 Å². The molecule has 0 aliphatic rings. The van der Waals surface area contributed by atoms with Crippen LogP contribution in [0.25, 0.3) is 0 Å². The van der Waals surface area contributed by atoms with E-state index >= 15 is 0 Å². The van der Waals surface area contributed by atoms with E-state index in [2.05, 4.69) is 6.07 Å². The fourth-order valence-electron chi connectivity index (χ4n) is 2.01. The molecular formula is C17H16N2O2. The van der Waals surface area contributed by atoms with Crippen LogP contribution >= 0.6 is 0 Å². The van der Waals surface area contributed by atoms with Crippen molar-refractivity contribution in [2.45, 2.75) is 6.92 Å². The molecule has 0 aliphatic carbocycles. The first-order valence-electron chi connectivity index (χ1n) is 6.67. The lowest BCUT2D eigenvalue weighted by Crippen LogP contribution is -2.26. The highest BCUT2D eigenvalue weighted by atomic mass is 16.5. The zero-order chi connectivity index (χ0) is 15.2. The highest BCUT2D eigenvalue weighted by Crippen LogP contribution is 2.23. The van der Waals surface area contributed by atoms with Crippen LogP contribution in [0.15, 0.2) is 48.5 Å². The zero-order valence-corrected chi connectivity index (χ0v) is 12.0. The van der Waals surface area contributed by atoms with Crippen LogP contribution in [-0.4, -0.2) is 19.6 Å². The van der Waals surface area contributed by atoms with E-state index in [1.165, 1.54) is 4.90 Å². The van der Waals surface area contributed by atoms with Crippen molar-refractivity contribution in [1.82, 2.24) is 0 Å². The van der Waals surface area contributed by atoms with Crippen molar-refractivity contribution in [2.75, 3.05) is 18.6 Å². The molecule has 106 valence electrons. The standard InChI is InChI=1S/C17H16N2O2/c1-3-21-16-10-5-4-9-15(16)17(20)19(2)14-8-6-7-13(11-14)12-18/h4-11H,3H2,1-2H3. The number of anilines is 1. The Hall–Kier alpha value is -2.80. The first-order chi connectivity index (χ1) is 10.2. The number of hydrogen-bond donors (Lipinski definition) is 0. The van der Waals surface area contributed by atoms with Crippen LogP contribution in [0, 0.1) is 11.3 Å². The summed E-state index contributed by atoms with van der Waals surface area (Å²) in [5.74, 6) is 0.391. The van der Waals surface area contributed by atoms with Gasteiger partial charge in [-0.3, -0.25) is 4.79 Å². The summed E-state index contributed by atoms with van der Waals surface area (Å²) in [5, 5.41) is 8.94. The van der Waals surface area contributed by atoms with E-state index in [1.807, 2.05) is 13.0 Å². The van der Waals surface area contributed by atoms with Gasteiger partial charge in [-0.2, -0.15) is 5.26 Å². The predicted molar refractivity (Wildman–Crippen MR) is 81.5 cm³/mol. The van der Waals surface area contributed by atoms with Gasteiger partial charge in [0.1, 0.15) is 5.75 Å². The Balaban J connectivity index is 2.33. The second kappa shape index (κ2) is 6.58. The van der Waals surface area contributed by atoms with Gasteiger partial charge >= 0.3 is 0 Å². The van der Waals surface area contributed by atoms with Crippen LogP contribution in [0.3, 0.4) is 0 Å². The Morgan fingerprint density at radius 3 is 2.71 bits per heavy atom. The highest BCUT2D eigenvalue weighted by Gasteiger charge is 2.17. The minimum absolute atomic E-state index is 0.172. The average Bonchev–Trinajstić information content (AvgIpc) is 2.54. The molecule has 4 nitrogen and oxygen atoms in total. The molecule has 0 unspecified atom stereocenters. The molecule has 0 bridgehead atoms. The van der Waals surface area contributed by atoms with Crippen LogP contribution in [0.5, 0.6) is 5.75 Å². The van der Waals surface area contributed by atoms with Gasteiger partial charge in [0.2, 0.25) is 0 Å². The number of carbonyl (C=O) groups excluding carboxylic acids is 1. The highest BCUT2D eigenvalue weighted by molar-refractivity contribution is 6.07. The number of benzene rings is 2. The van der Waals surface area contributed by atoms with Crippen LogP contribution in [0.1, 0.15) is 22.8 Å². The minimum Gasteiger partial charge on any atom is -0.493 e. The number of nitrogens with zero attached hydrogens (tertiary/aromatic N) is 2.